The predicted octanol–water partition coefficient (Wildman–Crippen LogP) is 0.658. The van der Waals surface area contributed by atoms with Gasteiger partial charge in [-0.2, -0.15) is 5.10 Å². The van der Waals surface area contributed by atoms with Crippen LogP contribution in [0.1, 0.15) is 49.7 Å². The van der Waals surface area contributed by atoms with Crippen LogP contribution in [0, 0.1) is 0 Å². The lowest BCUT2D eigenvalue weighted by Crippen LogP contribution is -2.30. The maximum atomic E-state index is 12.0. The zero-order valence-corrected chi connectivity index (χ0v) is 12.3. The van der Waals surface area contributed by atoms with Gasteiger partial charge in [0, 0.05) is 18.9 Å². The molecule has 0 amide bonds. The van der Waals surface area contributed by atoms with E-state index in [1.165, 1.54) is 0 Å². The first-order valence-electron chi connectivity index (χ1n) is 7.36. The largest absolute Gasteiger partial charge is 0.396 e. The van der Waals surface area contributed by atoms with E-state index in [-0.39, 0.29) is 17.8 Å². The van der Waals surface area contributed by atoms with Gasteiger partial charge in [-0.15, -0.1) is 0 Å². The first kappa shape index (κ1) is 14.0. The van der Waals surface area contributed by atoms with Gasteiger partial charge in [-0.3, -0.25) is 0 Å². The third kappa shape index (κ3) is 2.61. The summed E-state index contributed by atoms with van der Waals surface area (Å²) in [6, 6.07) is 0. The summed E-state index contributed by atoms with van der Waals surface area (Å²) in [5, 5.41) is 13.5. The molecule has 112 valence electrons. The summed E-state index contributed by atoms with van der Waals surface area (Å²) in [6.45, 7) is 0.899. The number of sulfone groups is 1. The molecule has 3 heterocycles. The van der Waals surface area contributed by atoms with Crippen LogP contribution in [0.3, 0.4) is 0 Å². The van der Waals surface area contributed by atoms with Crippen LogP contribution < -0.4 is 0 Å². The summed E-state index contributed by atoms with van der Waals surface area (Å²) >= 11 is 0. The fourth-order valence-corrected chi connectivity index (χ4v) is 5.07. The highest BCUT2D eigenvalue weighted by Crippen LogP contribution is 2.27. The fraction of sp³-hybridized carbons (Fsp3) is 0.846. The highest BCUT2D eigenvalue weighted by molar-refractivity contribution is 7.92. The molecule has 2 atom stereocenters. The molecule has 3 rings (SSSR count). The van der Waals surface area contributed by atoms with Crippen LogP contribution in [-0.2, 0) is 22.8 Å². The summed E-state index contributed by atoms with van der Waals surface area (Å²) in [5.74, 6) is 1.79. The average Bonchev–Trinajstić information content (AvgIpc) is 2.83. The lowest BCUT2D eigenvalue weighted by atomic mass is 10.0. The lowest BCUT2D eigenvalue weighted by molar-refractivity contribution is 0.234. The van der Waals surface area contributed by atoms with Crippen LogP contribution >= 0.6 is 0 Å². The average molecular weight is 299 g/mol. The number of rotatable bonds is 3. The van der Waals surface area contributed by atoms with Crippen molar-refractivity contribution < 1.29 is 13.5 Å². The van der Waals surface area contributed by atoms with Gasteiger partial charge in [-0.1, -0.05) is 6.42 Å². The quantitative estimate of drug-likeness (QED) is 0.886. The fourth-order valence-electron chi connectivity index (χ4n) is 3.20. The maximum absolute atomic E-state index is 12.0. The van der Waals surface area contributed by atoms with Crippen LogP contribution in [0.5, 0.6) is 0 Å². The van der Waals surface area contributed by atoms with Gasteiger partial charge in [0.2, 0.25) is 0 Å². The Bertz CT molecular complexity index is 582. The normalized spacial score (nSPS) is 29.1. The van der Waals surface area contributed by atoms with Gasteiger partial charge in [-0.25, -0.2) is 18.1 Å². The van der Waals surface area contributed by atoms with E-state index >= 15 is 0 Å². The van der Waals surface area contributed by atoms with Crippen molar-refractivity contribution in [1.29, 1.82) is 0 Å². The Balaban J connectivity index is 1.80. The number of nitrogens with zero attached hydrogens (tertiary/aromatic N) is 3. The van der Waals surface area contributed by atoms with E-state index in [2.05, 4.69) is 10.1 Å². The predicted molar refractivity (Wildman–Crippen MR) is 74.2 cm³/mol. The van der Waals surface area contributed by atoms with E-state index in [4.69, 9.17) is 0 Å². The van der Waals surface area contributed by atoms with Gasteiger partial charge < -0.3 is 5.11 Å². The van der Waals surface area contributed by atoms with Gasteiger partial charge in [0.25, 0.3) is 0 Å². The second-order valence-electron chi connectivity index (χ2n) is 5.82. The topological polar surface area (TPSA) is 85.1 Å². The molecule has 0 saturated carbocycles. The van der Waals surface area contributed by atoms with Crippen molar-refractivity contribution in [2.24, 2.45) is 0 Å². The number of aliphatic hydroxyl groups excluding tert-OH is 1. The lowest BCUT2D eigenvalue weighted by Gasteiger charge is -2.20. The van der Waals surface area contributed by atoms with Gasteiger partial charge in [-0.05, 0) is 25.7 Å². The van der Waals surface area contributed by atoms with Crippen molar-refractivity contribution in [2.45, 2.75) is 56.2 Å². The molecule has 1 aromatic heterocycles. The van der Waals surface area contributed by atoms with Crippen molar-refractivity contribution in [3.63, 3.8) is 0 Å². The molecule has 0 aromatic carbocycles. The molecule has 2 aliphatic heterocycles. The van der Waals surface area contributed by atoms with Gasteiger partial charge >= 0.3 is 0 Å². The highest BCUT2D eigenvalue weighted by atomic mass is 32.2. The Hall–Kier alpha value is -0.950. The Morgan fingerprint density at radius 2 is 2.10 bits per heavy atom. The van der Waals surface area contributed by atoms with E-state index in [0.29, 0.717) is 18.0 Å². The van der Waals surface area contributed by atoms with Crippen molar-refractivity contribution in [3.05, 3.63) is 11.6 Å². The molecular weight excluding hydrogens is 278 g/mol. The number of aromatic nitrogens is 3. The first-order chi connectivity index (χ1) is 9.60. The molecule has 0 bridgehead atoms. The number of hydrogen-bond donors (Lipinski definition) is 1. The van der Waals surface area contributed by atoms with Gasteiger partial charge in [0.1, 0.15) is 5.82 Å². The molecule has 6 nitrogen and oxygen atoms in total. The minimum absolute atomic E-state index is 0.0490. The first-order valence-corrected chi connectivity index (χ1v) is 9.08. The monoisotopic (exact) mass is 299 g/mol. The number of aryl methyl sites for hydroxylation is 1. The summed E-state index contributed by atoms with van der Waals surface area (Å²) in [7, 11) is -2.98. The molecule has 1 saturated heterocycles. The van der Waals surface area contributed by atoms with Crippen LogP contribution in [0.2, 0.25) is 0 Å². The summed E-state index contributed by atoms with van der Waals surface area (Å²) < 4.78 is 25.9. The smallest absolute Gasteiger partial charge is 0.153 e. The van der Waals surface area contributed by atoms with Crippen LogP contribution in [0.15, 0.2) is 0 Å². The molecule has 7 heteroatoms. The molecule has 20 heavy (non-hydrogen) atoms. The Kier molecular flexibility index (Phi) is 3.81. The molecule has 0 spiro atoms. The molecule has 1 N–H and O–H groups in total. The zero-order valence-electron chi connectivity index (χ0n) is 11.5. The molecule has 0 radical (unpaired) electrons. The van der Waals surface area contributed by atoms with Gasteiger partial charge in [0.05, 0.1) is 17.6 Å². The second kappa shape index (κ2) is 5.44. The van der Waals surface area contributed by atoms with Gasteiger partial charge in [0.15, 0.2) is 15.7 Å². The van der Waals surface area contributed by atoms with Crippen molar-refractivity contribution >= 4 is 9.84 Å². The van der Waals surface area contributed by atoms with E-state index in [1.54, 1.807) is 0 Å². The summed E-state index contributed by atoms with van der Waals surface area (Å²) in [5.41, 5.74) is 0. The molecule has 0 aliphatic carbocycles. The van der Waals surface area contributed by atoms with E-state index in [1.807, 2.05) is 4.68 Å². The van der Waals surface area contributed by atoms with Crippen LogP contribution in [0.4, 0.5) is 0 Å². The van der Waals surface area contributed by atoms with Crippen molar-refractivity contribution in [3.8, 4) is 0 Å². The third-order valence-electron chi connectivity index (χ3n) is 4.38. The summed E-state index contributed by atoms with van der Waals surface area (Å²) in [6.07, 6.45) is 4.80. The minimum Gasteiger partial charge on any atom is -0.396 e. The van der Waals surface area contributed by atoms with Crippen molar-refractivity contribution in [1.82, 2.24) is 14.8 Å². The Morgan fingerprint density at radius 1 is 1.25 bits per heavy atom. The minimum atomic E-state index is -2.98. The Labute approximate surface area is 119 Å². The molecule has 1 fully saturated rings. The standard InChI is InChI=1S/C13H21N3O3S/c17-9-10-4-3-6-16-13(10)14-12(15-16)8-11-5-1-2-7-20(11,18)19/h10-11,17H,1-9H2. The summed E-state index contributed by atoms with van der Waals surface area (Å²) in [4.78, 5) is 4.49. The van der Waals surface area contributed by atoms with Crippen molar-refractivity contribution in [2.75, 3.05) is 12.4 Å². The van der Waals surface area contributed by atoms with E-state index < -0.39 is 9.84 Å². The number of hydrogen-bond acceptors (Lipinski definition) is 5. The maximum Gasteiger partial charge on any atom is 0.153 e. The number of aliphatic hydroxyl groups is 1. The van der Waals surface area contributed by atoms with Crippen LogP contribution in [0.25, 0.3) is 0 Å². The molecular formula is C13H21N3O3S. The molecule has 1 aromatic rings. The Morgan fingerprint density at radius 3 is 2.85 bits per heavy atom. The zero-order chi connectivity index (χ0) is 14.2. The molecule has 2 unspecified atom stereocenters. The highest BCUT2D eigenvalue weighted by Gasteiger charge is 2.31. The second-order valence-corrected chi connectivity index (χ2v) is 8.22. The van der Waals surface area contributed by atoms with E-state index in [9.17, 15) is 13.5 Å². The third-order valence-corrected chi connectivity index (χ3v) is 6.65. The van der Waals surface area contributed by atoms with E-state index in [0.717, 1.165) is 44.5 Å². The SMILES string of the molecule is O=S1(=O)CCCCC1Cc1nc2n(n1)CCCC2CO. The molecule has 2 aliphatic rings. The van der Waals surface area contributed by atoms with Crippen LogP contribution in [-0.4, -0.2) is 45.9 Å². The number of fused-ring (bicyclic) bond motifs is 1.